The molecule has 0 fully saturated rings. The molecule has 0 N–H and O–H groups in total. The van der Waals surface area contributed by atoms with E-state index in [-0.39, 0.29) is 0 Å². The molecule has 7 heteroatoms. The highest BCUT2D eigenvalue weighted by Crippen LogP contribution is 2.20. The third-order valence-electron chi connectivity index (χ3n) is 5.61. The number of hydrogen-bond donors (Lipinski definition) is 0. The summed E-state index contributed by atoms with van der Waals surface area (Å²) in [5, 5.41) is 8.59. The van der Waals surface area contributed by atoms with Crippen molar-refractivity contribution in [3.05, 3.63) is 89.4 Å². The molecule has 0 aliphatic rings. The van der Waals surface area contributed by atoms with Crippen molar-refractivity contribution in [3.8, 4) is 16.9 Å². The van der Waals surface area contributed by atoms with Gasteiger partial charge in [-0.25, -0.2) is 4.68 Å². The van der Waals surface area contributed by atoms with Gasteiger partial charge >= 0.3 is 0 Å². The Morgan fingerprint density at radius 2 is 1.67 bits per heavy atom. The first-order valence-electron chi connectivity index (χ1n) is 10.9. The van der Waals surface area contributed by atoms with Crippen molar-refractivity contribution >= 4 is 11.7 Å². The summed E-state index contributed by atoms with van der Waals surface area (Å²) >= 11 is 0. The van der Waals surface area contributed by atoms with E-state index in [0.717, 1.165) is 22.7 Å². The van der Waals surface area contributed by atoms with Crippen molar-refractivity contribution in [2.75, 3.05) is 13.6 Å². The molecule has 0 aliphatic heterocycles. The van der Waals surface area contributed by atoms with Crippen molar-refractivity contribution in [3.63, 3.8) is 0 Å². The van der Waals surface area contributed by atoms with Crippen LogP contribution in [0, 0.1) is 13.8 Å². The molecule has 0 atom stereocenters. The minimum absolute atomic E-state index is 0.360. The van der Waals surface area contributed by atoms with Crippen LogP contribution in [0.2, 0.25) is 0 Å². The van der Waals surface area contributed by atoms with E-state index < -0.39 is 11.7 Å². The molecule has 0 saturated carbocycles. The minimum Gasteiger partial charge on any atom is -0.361 e. The molecule has 0 saturated heterocycles. The highest BCUT2D eigenvalue weighted by molar-refractivity contribution is 6.43. The van der Waals surface area contributed by atoms with Gasteiger partial charge in [-0.05, 0) is 32.4 Å². The molecule has 1 amide bonds. The third kappa shape index (κ3) is 4.77. The zero-order valence-corrected chi connectivity index (χ0v) is 19.0. The molecule has 2 aromatic heterocycles. The van der Waals surface area contributed by atoms with E-state index in [9.17, 15) is 9.59 Å². The monoisotopic (exact) mass is 442 g/mol. The first-order chi connectivity index (χ1) is 16.0. The second-order valence-corrected chi connectivity index (χ2v) is 8.00. The summed E-state index contributed by atoms with van der Waals surface area (Å²) < 4.78 is 7.12. The van der Waals surface area contributed by atoms with Crippen molar-refractivity contribution in [1.29, 1.82) is 0 Å². The van der Waals surface area contributed by atoms with Crippen molar-refractivity contribution in [2.24, 2.45) is 0 Å². The number of carbonyl (C=O) groups is 2. The van der Waals surface area contributed by atoms with Gasteiger partial charge in [-0.15, -0.1) is 0 Å². The van der Waals surface area contributed by atoms with Gasteiger partial charge in [-0.2, -0.15) is 5.10 Å². The molecule has 4 aromatic rings. The van der Waals surface area contributed by atoms with E-state index in [4.69, 9.17) is 4.52 Å². The Hall–Kier alpha value is -4.00. The molecule has 0 aliphatic carbocycles. The summed E-state index contributed by atoms with van der Waals surface area (Å²) in [5.74, 6) is -0.339. The number of aryl methyl sites for hydroxylation is 2. The number of rotatable bonds is 8. The number of amides is 1. The zero-order valence-electron chi connectivity index (χ0n) is 19.0. The van der Waals surface area contributed by atoms with E-state index in [1.165, 1.54) is 4.90 Å². The van der Waals surface area contributed by atoms with Crippen molar-refractivity contribution < 1.29 is 14.1 Å². The fraction of sp³-hybridized carbons (Fsp3) is 0.231. The molecule has 2 aromatic carbocycles. The van der Waals surface area contributed by atoms with Gasteiger partial charge in [0, 0.05) is 31.6 Å². The Morgan fingerprint density at radius 1 is 1.00 bits per heavy atom. The number of carbonyl (C=O) groups excluding carboxylic acids is 2. The SMILES string of the molecule is Cc1nn(-c2ccccc2)c(C)c1C(=O)C(=O)N(C)CCCc1cc(-c2ccccc2)no1. The topological polar surface area (TPSA) is 81.2 Å². The van der Waals surface area contributed by atoms with Crippen LogP contribution in [-0.2, 0) is 11.2 Å². The lowest BCUT2D eigenvalue weighted by atomic mass is 10.1. The smallest absolute Gasteiger partial charge is 0.294 e. The molecular weight excluding hydrogens is 416 g/mol. The molecule has 168 valence electrons. The number of nitrogens with zero attached hydrogens (tertiary/aromatic N) is 4. The van der Waals surface area contributed by atoms with Crippen LogP contribution in [-0.4, -0.2) is 45.1 Å². The van der Waals surface area contributed by atoms with Gasteiger partial charge < -0.3 is 9.42 Å². The van der Waals surface area contributed by atoms with Gasteiger partial charge in [0.25, 0.3) is 11.7 Å². The predicted octanol–water partition coefficient (Wildman–Crippen LogP) is 4.42. The molecule has 0 bridgehead atoms. The standard InChI is InChI=1S/C26H26N4O3/c1-18-24(19(2)30(27-18)21-13-8-5-9-14-21)25(31)26(32)29(3)16-10-15-22-17-23(28-33-22)20-11-6-4-7-12-20/h4-9,11-14,17H,10,15-16H2,1-3H3. The van der Waals surface area contributed by atoms with Crippen LogP contribution in [0.3, 0.4) is 0 Å². The van der Waals surface area contributed by atoms with Gasteiger partial charge in [0.05, 0.1) is 22.6 Å². The summed E-state index contributed by atoms with van der Waals surface area (Å²) in [7, 11) is 1.64. The Morgan fingerprint density at radius 3 is 2.36 bits per heavy atom. The minimum atomic E-state index is -0.545. The number of para-hydroxylation sites is 1. The lowest BCUT2D eigenvalue weighted by molar-refractivity contribution is -0.125. The van der Waals surface area contributed by atoms with Gasteiger partial charge in [0.1, 0.15) is 11.5 Å². The fourth-order valence-corrected chi connectivity index (χ4v) is 3.84. The van der Waals surface area contributed by atoms with Gasteiger partial charge in [-0.3, -0.25) is 9.59 Å². The first-order valence-corrected chi connectivity index (χ1v) is 10.9. The molecule has 0 spiro atoms. The van der Waals surface area contributed by atoms with Crippen LogP contribution in [0.15, 0.2) is 71.3 Å². The Kier molecular flexibility index (Phi) is 6.49. The average Bonchev–Trinajstić information content (AvgIpc) is 3.43. The van der Waals surface area contributed by atoms with Crippen LogP contribution < -0.4 is 0 Å². The summed E-state index contributed by atoms with van der Waals surface area (Å²) in [5.41, 5.74) is 4.18. The third-order valence-corrected chi connectivity index (χ3v) is 5.61. The molecule has 4 rings (SSSR count). The van der Waals surface area contributed by atoms with Crippen LogP contribution in [0.1, 0.15) is 33.9 Å². The highest BCUT2D eigenvalue weighted by atomic mass is 16.5. The number of hydrogen-bond acceptors (Lipinski definition) is 5. The maximum Gasteiger partial charge on any atom is 0.294 e. The van der Waals surface area contributed by atoms with Gasteiger partial charge in [0.15, 0.2) is 0 Å². The highest BCUT2D eigenvalue weighted by Gasteiger charge is 2.27. The zero-order chi connectivity index (χ0) is 23.4. The first kappa shape index (κ1) is 22.2. The van der Waals surface area contributed by atoms with Crippen molar-refractivity contribution in [2.45, 2.75) is 26.7 Å². The molecule has 7 nitrogen and oxygen atoms in total. The summed E-state index contributed by atoms with van der Waals surface area (Å²) in [4.78, 5) is 27.3. The lowest BCUT2D eigenvalue weighted by Crippen LogP contribution is -2.34. The quantitative estimate of drug-likeness (QED) is 0.298. The number of Topliss-reactive ketones (excluding diaryl/α,β-unsaturated/α-hetero) is 1. The van der Waals surface area contributed by atoms with E-state index in [0.29, 0.717) is 36.3 Å². The largest absolute Gasteiger partial charge is 0.361 e. The number of ketones is 1. The normalized spacial score (nSPS) is 10.9. The van der Waals surface area contributed by atoms with Gasteiger partial charge in [0.2, 0.25) is 0 Å². The Labute approximate surface area is 192 Å². The molecule has 0 unspecified atom stereocenters. The van der Waals surface area contributed by atoms with Crippen LogP contribution >= 0.6 is 0 Å². The van der Waals surface area contributed by atoms with Crippen LogP contribution in [0.25, 0.3) is 16.9 Å². The maximum atomic E-state index is 13.0. The summed E-state index contributed by atoms with van der Waals surface area (Å²) in [6.07, 6.45) is 1.27. The van der Waals surface area contributed by atoms with Gasteiger partial charge in [-0.1, -0.05) is 53.7 Å². The summed E-state index contributed by atoms with van der Waals surface area (Å²) in [6, 6.07) is 21.3. The number of aromatic nitrogens is 3. The second kappa shape index (κ2) is 9.65. The molecule has 0 radical (unpaired) electrons. The van der Waals surface area contributed by atoms with E-state index in [1.54, 1.807) is 18.7 Å². The van der Waals surface area contributed by atoms with Crippen LogP contribution in [0.4, 0.5) is 0 Å². The van der Waals surface area contributed by atoms with E-state index in [2.05, 4.69) is 10.3 Å². The lowest BCUT2D eigenvalue weighted by Gasteiger charge is -2.16. The second-order valence-electron chi connectivity index (χ2n) is 8.00. The van der Waals surface area contributed by atoms with Crippen LogP contribution in [0.5, 0.6) is 0 Å². The number of likely N-dealkylation sites (N-methyl/N-ethyl adjacent to an activating group) is 1. The fourth-order valence-electron chi connectivity index (χ4n) is 3.84. The average molecular weight is 443 g/mol. The molecular formula is C26H26N4O3. The molecule has 33 heavy (non-hydrogen) atoms. The molecule has 2 heterocycles. The Balaban J connectivity index is 1.37. The summed E-state index contributed by atoms with van der Waals surface area (Å²) in [6.45, 7) is 3.99. The van der Waals surface area contributed by atoms with Crippen molar-refractivity contribution in [1.82, 2.24) is 19.8 Å². The maximum absolute atomic E-state index is 13.0. The van der Waals surface area contributed by atoms with E-state index >= 15 is 0 Å². The number of benzene rings is 2. The predicted molar refractivity (Wildman–Crippen MR) is 125 cm³/mol. The Bertz CT molecular complexity index is 1260. The van der Waals surface area contributed by atoms with E-state index in [1.807, 2.05) is 73.7 Å².